The Hall–Kier alpha value is -3.96. The van der Waals surface area contributed by atoms with Crippen molar-refractivity contribution in [3.8, 4) is 28.1 Å². The lowest BCUT2D eigenvalue weighted by Crippen LogP contribution is -2.15. The number of nitrogens with one attached hydrogen (secondary N) is 1. The molecular formula is C31H28ClN3O2. The Morgan fingerprint density at radius 2 is 1.62 bits per heavy atom. The Kier molecular flexibility index (Phi) is 6.01. The van der Waals surface area contributed by atoms with Crippen LogP contribution in [0.25, 0.3) is 28.0 Å². The number of carbonyl (C=O) groups is 1. The molecule has 0 bridgehead atoms. The summed E-state index contributed by atoms with van der Waals surface area (Å²) in [6, 6.07) is 23.8. The number of halogens is 1. The number of rotatable bonds is 5. The number of methoxy groups -OCH3 is 1. The lowest BCUT2D eigenvalue weighted by atomic mass is 9.97. The van der Waals surface area contributed by atoms with Gasteiger partial charge in [0, 0.05) is 34.6 Å². The average Bonchev–Trinajstić information content (AvgIpc) is 3.33. The maximum absolute atomic E-state index is 14.0. The van der Waals surface area contributed by atoms with Crippen molar-refractivity contribution in [2.75, 3.05) is 12.4 Å². The Labute approximate surface area is 221 Å². The maximum atomic E-state index is 14.0. The zero-order valence-corrected chi connectivity index (χ0v) is 21.7. The van der Waals surface area contributed by atoms with E-state index in [1.807, 2.05) is 67.6 Å². The first-order valence-corrected chi connectivity index (χ1v) is 13.0. The fraction of sp³-hybridized carbons (Fsp3) is 0.194. The van der Waals surface area contributed by atoms with Gasteiger partial charge in [0.2, 0.25) is 0 Å². The van der Waals surface area contributed by atoms with E-state index in [4.69, 9.17) is 16.3 Å². The topological polar surface area (TPSA) is 47.7 Å². The molecule has 5 nitrogen and oxygen atoms in total. The SMILES string of the molecule is COc1ccc(-c2cn3c(C(=O)Nc4ccc(C)cc4)c(-c4ccc(Cl)cc4)c4c3n2CCCC4)cc1. The van der Waals surface area contributed by atoms with E-state index >= 15 is 0 Å². The number of nitrogens with zero attached hydrogens (tertiary/aromatic N) is 2. The molecule has 0 fully saturated rings. The normalized spacial score (nSPS) is 12.9. The van der Waals surface area contributed by atoms with Crippen LogP contribution in [0.1, 0.15) is 34.5 Å². The van der Waals surface area contributed by atoms with Crippen molar-refractivity contribution in [2.45, 2.75) is 32.7 Å². The molecule has 1 aliphatic heterocycles. The second kappa shape index (κ2) is 9.49. The minimum absolute atomic E-state index is 0.131. The third kappa shape index (κ3) is 4.19. The molecule has 3 heterocycles. The molecule has 1 amide bonds. The minimum Gasteiger partial charge on any atom is -0.497 e. The van der Waals surface area contributed by atoms with Crippen LogP contribution in [0, 0.1) is 6.92 Å². The molecule has 0 spiro atoms. The highest BCUT2D eigenvalue weighted by Gasteiger charge is 2.29. The van der Waals surface area contributed by atoms with E-state index in [0.29, 0.717) is 10.7 Å². The molecule has 5 aromatic rings. The molecule has 0 atom stereocenters. The molecule has 0 unspecified atom stereocenters. The van der Waals surface area contributed by atoms with Gasteiger partial charge in [0.15, 0.2) is 0 Å². The summed E-state index contributed by atoms with van der Waals surface area (Å²) in [4.78, 5) is 14.0. The quantitative estimate of drug-likeness (QED) is 0.264. The molecule has 3 aromatic carbocycles. The maximum Gasteiger partial charge on any atom is 0.273 e. The standard InChI is InChI=1S/C31H28ClN3O2/c1-20-6-14-24(15-7-20)33-30(36)29-28(22-8-12-23(32)13-9-22)26-5-3-4-18-34-27(19-35(29)31(26)34)21-10-16-25(37-2)17-11-21/h6-17,19H,3-5,18H2,1-2H3,(H,33,36). The first-order chi connectivity index (χ1) is 18.0. The van der Waals surface area contributed by atoms with E-state index in [-0.39, 0.29) is 5.91 Å². The number of ether oxygens (including phenoxy) is 1. The van der Waals surface area contributed by atoms with Gasteiger partial charge in [-0.2, -0.15) is 0 Å². The summed E-state index contributed by atoms with van der Waals surface area (Å²) >= 11 is 6.23. The van der Waals surface area contributed by atoms with Crippen LogP contribution in [0.2, 0.25) is 5.02 Å². The molecule has 0 saturated heterocycles. The molecule has 186 valence electrons. The summed E-state index contributed by atoms with van der Waals surface area (Å²) in [7, 11) is 1.67. The molecule has 1 N–H and O–H groups in total. The summed E-state index contributed by atoms with van der Waals surface area (Å²) in [5.74, 6) is 0.691. The van der Waals surface area contributed by atoms with Crippen LogP contribution in [0.4, 0.5) is 5.69 Å². The molecule has 0 aliphatic carbocycles. The van der Waals surface area contributed by atoms with Crippen LogP contribution in [0.5, 0.6) is 5.75 Å². The Bertz CT molecular complexity index is 1590. The van der Waals surface area contributed by atoms with Gasteiger partial charge < -0.3 is 14.6 Å². The van der Waals surface area contributed by atoms with E-state index in [1.165, 1.54) is 5.56 Å². The van der Waals surface area contributed by atoms with Gasteiger partial charge in [0.05, 0.1) is 12.8 Å². The summed E-state index contributed by atoms with van der Waals surface area (Å²) in [6.07, 6.45) is 5.15. The number of imidazole rings is 1. The Morgan fingerprint density at radius 1 is 0.919 bits per heavy atom. The predicted octanol–water partition coefficient (Wildman–Crippen LogP) is 7.63. The summed E-state index contributed by atoms with van der Waals surface area (Å²) in [6.45, 7) is 2.93. The van der Waals surface area contributed by atoms with Crippen LogP contribution in [-0.2, 0) is 13.0 Å². The molecule has 0 saturated carbocycles. The zero-order chi connectivity index (χ0) is 25.5. The number of hydrogen-bond acceptors (Lipinski definition) is 2. The van der Waals surface area contributed by atoms with Gasteiger partial charge in [-0.15, -0.1) is 0 Å². The first kappa shape index (κ1) is 23.4. The van der Waals surface area contributed by atoms with Gasteiger partial charge in [-0.25, -0.2) is 0 Å². The van der Waals surface area contributed by atoms with E-state index in [1.54, 1.807) is 7.11 Å². The molecule has 1 aliphatic rings. The van der Waals surface area contributed by atoms with Crippen LogP contribution in [0.3, 0.4) is 0 Å². The fourth-order valence-corrected chi connectivity index (χ4v) is 5.48. The number of carbonyl (C=O) groups excluding carboxylic acids is 1. The highest BCUT2D eigenvalue weighted by Crippen LogP contribution is 2.40. The van der Waals surface area contributed by atoms with Gasteiger partial charge >= 0.3 is 0 Å². The van der Waals surface area contributed by atoms with Gasteiger partial charge in [0.1, 0.15) is 17.1 Å². The van der Waals surface area contributed by atoms with E-state index in [0.717, 1.165) is 70.8 Å². The van der Waals surface area contributed by atoms with Crippen LogP contribution >= 0.6 is 11.6 Å². The van der Waals surface area contributed by atoms with Crippen LogP contribution in [0.15, 0.2) is 79.0 Å². The van der Waals surface area contributed by atoms with Gasteiger partial charge in [-0.3, -0.25) is 9.20 Å². The third-order valence-corrected chi connectivity index (χ3v) is 7.43. The lowest BCUT2D eigenvalue weighted by Gasteiger charge is -2.11. The van der Waals surface area contributed by atoms with Crippen LogP contribution < -0.4 is 10.1 Å². The molecule has 0 radical (unpaired) electrons. The van der Waals surface area contributed by atoms with Crippen molar-refractivity contribution in [1.82, 2.24) is 8.97 Å². The third-order valence-electron chi connectivity index (χ3n) is 7.18. The minimum atomic E-state index is -0.131. The smallest absolute Gasteiger partial charge is 0.273 e. The van der Waals surface area contributed by atoms with Gasteiger partial charge in [0.25, 0.3) is 5.91 Å². The second-order valence-electron chi connectivity index (χ2n) is 9.57. The van der Waals surface area contributed by atoms with Crippen molar-refractivity contribution in [1.29, 1.82) is 0 Å². The van der Waals surface area contributed by atoms with Crippen molar-refractivity contribution < 1.29 is 9.53 Å². The number of amides is 1. The average molecular weight is 510 g/mol. The predicted molar refractivity (Wildman–Crippen MR) is 150 cm³/mol. The molecular weight excluding hydrogens is 482 g/mol. The molecule has 2 aromatic heterocycles. The van der Waals surface area contributed by atoms with E-state index in [9.17, 15) is 4.79 Å². The summed E-state index contributed by atoms with van der Waals surface area (Å²) in [5, 5.41) is 3.82. The zero-order valence-electron chi connectivity index (χ0n) is 20.9. The second-order valence-corrected chi connectivity index (χ2v) is 10.0. The van der Waals surface area contributed by atoms with Crippen molar-refractivity contribution >= 4 is 28.8 Å². The summed E-state index contributed by atoms with van der Waals surface area (Å²) in [5.41, 5.74) is 9.01. The van der Waals surface area contributed by atoms with Crippen molar-refractivity contribution in [2.24, 2.45) is 0 Å². The van der Waals surface area contributed by atoms with Gasteiger partial charge in [-0.1, -0.05) is 41.4 Å². The van der Waals surface area contributed by atoms with E-state index in [2.05, 4.69) is 32.6 Å². The molecule has 37 heavy (non-hydrogen) atoms. The highest BCUT2D eigenvalue weighted by molar-refractivity contribution is 6.30. The monoisotopic (exact) mass is 509 g/mol. The summed E-state index contributed by atoms with van der Waals surface area (Å²) < 4.78 is 9.83. The number of hydrogen-bond donors (Lipinski definition) is 1. The number of anilines is 1. The lowest BCUT2D eigenvalue weighted by molar-refractivity contribution is 0.102. The van der Waals surface area contributed by atoms with Crippen LogP contribution in [-0.4, -0.2) is 22.0 Å². The van der Waals surface area contributed by atoms with Crippen molar-refractivity contribution in [3.63, 3.8) is 0 Å². The highest BCUT2D eigenvalue weighted by atomic mass is 35.5. The molecule has 6 heteroatoms. The van der Waals surface area contributed by atoms with Crippen molar-refractivity contribution in [3.05, 3.63) is 101 Å². The number of aromatic nitrogens is 2. The number of benzene rings is 3. The number of aryl methyl sites for hydroxylation is 3. The Balaban J connectivity index is 1.58. The Morgan fingerprint density at radius 3 is 2.32 bits per heavy atom. The van der Waals surface area contributed by atoms with E-state index < -0.39 is 0 Å². The first-order valence-electron chi connectivity index (χ1n) is 12.6. The molecule has 6 rings (SSSR count). The van der Waals surface area contributed by atoms with Gasteiger partial charge in [-0.05, 0) is 85.8 Å². The fourth-order valence-electron chi connectivity index (χ4n) is 5.36. The largest absolute Gasteiger partial charge is 0.497 e.